The van der Waals surface area contributed by atoms with Gasteiger partial charge in [0.15, 0.2) is 17.2 Å². The Morgan fingerprint density at radius 2 is 1.35 bits per heavy atom. The predicted octanol–water partition coefficient (Wildman–Crippen LogP) is 7.62. The molecule has 5 rings (SSSR count). The maximum absolute atomic E-state index is 14.1. The van der Waals surface area contributed by atoms with E-state index < -0.39 is 11.9 Å². The summed E-state index contributed by atoms with van der Waals surface area (Å²) in [5, 5.41) is 4.80. The Balaban J connectivity index is 1.80. The molecule has 0 bridgehead atoms. The molecule has 0 saturated heterocycles. The van der Waals surface area contributed by atoms with Crippen LogP contribution in [0.3, 0.4) is 0 Å². The zero-order valence-electron chi connectivity index (χ0n) is 22.7. The summed E-state index contributed by atoms with van der Waals surface area (Å²) in [7, 11) is 2.95. The summed E-state index contributed by atoms with van der Waals surface area (Å²) in [5.74, 6) is 0.618. The second-order valence-electron chi connectivity index (χ2n) is 9.48. The number of aryl methyl sites for hydroxylation is 2. The third-order valence-electron chi connectivity index (χ3n) is 6.58. The molecule has 9 heteroatoms. The molecule has 0 atom stereocenters. The van der Waals surface area contributed by atoms with Crippen LogP contribution < -0.4 is 9.47 Å². The van der Waals surface area contributed by atoms with Crippen molar-refractivity contribution in [3.63, 3.8) is 0 Å². The minimum absolute atomic E-state index is 0.0683. The van der Waals surface area contributed by atoms with Crippen molar-refractivity contribution in [2.24, 2.45) is 0 Å². The van der Waals surface area contributed by atoms with Gasteiger partial charge in [-0.25, -0.2) is 9.97 Å². The highest BCUT2D eigenvalue weighted by molar-refractivity contribution is 5.76. The van der Waals surface area contributed by atoms with Crippen LogP contribution in [0.25, 0.3) is 39.7 Å². The topological polar surface area (TPSA) is 62.1 Å². The normalized spacial score (nSPS) is 11.5. The fourth-order valence-corrected chi connectivity index (χ4v) is 4.66. The van der Waals surface area contributed by atoms with E-state index in [0.717, 1.165) is 33.9 Å². The number of aromatic nitrogens is 4. The van der Waals surface area contributed by atoms with Gasteiger partial charge in [-0.2, -0.15) is 23.0 Å². The van der Waals surface area contributed by atoms with Gasteiger partial charge in [-0.05, 0) is 57.2 Å². The molecule has 204 valence electrons. The molecule has 0 saturated carbocycles. The molecule has 0 N–H and O–H groups in total. The van der Waals surface area contributed by atoms with E-state index in [1.54, 1.807) is 18.2 Å². The van der Waals surface area contributed by atoms with Gasteiger partial charge in [-0.15, -0.1) is 0 Å². The highest BCUT2D eigenvalue weighted by Gasteiger charge is 2.35. The van der Waals surface area contributed by atoms with Crippen molar-refractivity contribution in [3.8, 4) is 51.2 Å². The van der Waals surface area contributed by atoms with Gasteiger partial charge < -0.3 is 9.47 Å². The molecule has 0 unspecified atom stereocenters. The van der Waals surface area contributed by atoms with Gasteiger partial charge in [0.25, 0.3) is 5.95 Å². The first-order valence-electron chi connectivity index (χ1n) is 12.5. The Morgan fingerprint density at radius 1 is 0.700 bits per heavy atom. The lowest BCUT2D eigenvalue weighted by molar-refractivity contribution is -0.141. The van der Waals surface area contributed by atoms with Crippen LogP contribution in [0.1, 0.15) is 22.4 Å². The molecule has 0 fully saturated rings. The third-order valence-corrected chi connectivity index (χ3v) is 6.58. The number of halogens is 3. The highest BCUT2D eigenvalue weighted by Crippen LogP contribution is 2.37. The lowest BCUT2D eigenvalue weighted by atomic mass is 10.0. The number of methoxy groups -OCH3 is 2. The van der Waals surface area contributed by atoms with E-state index in [-0.39, 0.29) is 11.6 Å². The fraction of sp³-hybridized carbons (Fsp3) is 0.194. The van der Waals surface area contributed by atoms with Gasteiger partial charge in [0, 0.05) is 22.3 Å². The SMILES string of the molecule is COc1ccc(-c2cc(C(F)(F)F)nc(-n3nc(-c4cccc(C)c4)c(C)c3-c3cccc(C)c3)n2)cc1OC. The van der Waals surface area contributed by atoms with E-state index >= 15 is 0 Å². The molecule has 0 amide bonds. The lowest BCUT2D eigenvalue weighted by Crippen LogP contribution is -2.14. The van der Waals surface area contributed by atoms with Gasteiger partial charge in [0.2, 0.25) is 0 Å². The lowest BCUT2D eigenvalue weighted by Gasteiger charge is -2.14. The molecule has 2 aromatic heterocycles. The van der Waals surface area contributed by atoms with Crippen LogP contribution in [0, 0.1) is 20.8 Å². The van der Waals surface area contributed by atoms with E-state index in [4.69, 9.17) is 14.6 Å². The van der Waals surface area contributed by atoms with Crippen molar-refractivity contribution in [1.29, 1.82) is 0 Å². The molecule has 0 aliphatic carbocycles. The maximum Gasteiger partial charge on any atom is 0.433 e. The van der Waals surface area contributed by atoms with Gasteiger partial charge in [0.1, 0.15) is 0 Å². The Hall–Kier alpha value is -4.66. The van der Waals surface area contributed by atoms with Gasteiger partial charge >= 0.3 is 6.18 Å². The number of nitrogens with zero attached hydrogens (tertiary/aromatic N) is 4. The van der Waals surface area contributed by atoms with Crippen molar-refractivity contribution in [2.45, 2.75) is 26.9 Å². The summed E-state index contributed by atoms with van der Waals surface area (Å²) in [6.45, 7) is 5.83. The zero-order valence-corrected chi connectivity index (χ0v) is 22.7. The second kappa shape index (κ2) is 10.5. The van der Waals surface area contributed by atoms with E-state index in [0.29, 0.717) is 28.5 Å². The van der Waals surface area contributed by atoms with Gasteiger partial charge in [-0.1, -0.05) is 47.5 Å². The highest BCUT2D eigenvalue weighted by atomic mass is 19.4. The molecule has 40 heavy (non-hydrogen) atoms. The van der Waals surface area contributed by atoms with Crippen LogP contribution >= 0.6 is 0 Å². The van der Waals surface area contributed by atoms with Crippen LogP contribution in [0.15, 0.2) is 72.8 Å². The minimum atomic E-state index is -4.71. The van der Waals surface area contributed by atoms with Crippen molar-refractivity contribution >= 4 is 0 Å². The summed E-state index contributed by atoms with van der Waals surface area (Å²) >= 11 is 0. The Bertz CT molecular complexity index is 1710. The largest absolute Gasteiger partial charge is 0.493 e. The summed E-state index contributed by atoms with van der Waals surface area (Å²) in [4.78, 5) is 8.54. The molecule has 5 aromatic rings. The number of alkyl halides is 3. The molecular weight excluding hydrogens is 517 g/mol. The molecule has 3 aromatic carbocycles. The van der Waals surface area contributed by atoms with Crippen LogP contribution in [0.2, 0.25) is 0 Å². The van der Waals surface area contributed by atoms with Crippen LogP contribution in [-0.4, -0.2) is 34.0 Å². The van der Waals surface area contributed by atoms with E-state index in [2.05, 4.69) is 9.97 Å². The van der Waals surface area contributed by atoms with Crippen LogP contribution in [-0.2, 0) is 6.18 Å². The number of benzene rings is 3. The fourth-order valence-electron chi connectivity index (χ4n) is 4.66. The van der Waals surface area contributed by atoms with E-state index in [1.807, 2.05) is 69.3 Å². The molecule has 0 radical (unpaired) electrons. The molecule has 6 nitrogen and oxygen atoms in total. The molecule has 0 aliphatic rings. The predicted molar refractivity (Wildman–Crippen MR) is 148 cm³/mol. The number of hydrogen-bond acceptors (Lipinski definition) is 5. The number of hydrogen-bond donors (Lipinski definition) is 0. The summed E-state index contributed by atoms with van der Waals surface area (Å²) in [5.41, 5.74) is 5.10. The summed E-state index contributed by atoms with van der Waals surface area (Å²) in [6, 6.07) is 21.3. The Morgan fingerprint density at radius 3 is 1.98 bits per heavy atom. The first kappa shape index (κ1) is 26.9. The molecule has 2 heterocycles. The maximum atomic E-state index is 14.1. The smallest absolute Gasteiger partial charge is 0.433 e. The molecular formula is C31H27F3N4O2. The Kier molecular flexibility index (Phi) is 7.06. The van der Waals surface area contributed by atoms with Gasteiger partial charge in [-0.3, -0.25) is 0 Å². The number of ether oxygens (including phenoxy) is 2. The van der Waals surface area contributed by atoms with Crippen molar-refractivity contribution in [2.75, 3.05) is 14.2 Å². The summed E-state index contributed by atoms with van der Waals surface area (Å²) in [6.07, 6.45) is -4.71. The molecule has 0 spiro atoms. The number of rotatable bonds is 6. The van der Waals surface area contributed by atoms with Gasteiger partial charge in [0.05, 0.1) is 31.3 Å². The van der Waals surface area contributed by atoms with Crippen molar-refractivity contribution in [1.82, 2.24) is 19.7 Å². The zero-order chi connectivity index (χ0) is 28.6. The van der Waals surface area contributed by atoms with Crippen molar-refractivity contribution in [3.05, 3.63) is 95.2 Å². The molecule has 0 aliphatic heterocycles. The standard InChI is InChI=1S/C31H27F3N4O2/c1-18-8-6-10-22(14-18)28-20(3)29(23-11-7-9-19(2)15-23)38(37-28)30-35-24(17-27(36-30)31(32,33)34)21-12-13-25(39-4)26(16-21)40-5/h6-17H,1-5H3. The third kappa shape index (κ3) is 5.14. The quantitative estimate of drug-likeness (QED) is 0.220. The van der Waals surface area contributed by atoms with Crippen LogP contribution in [0.4, 0.5) is 13.2 Å². The Labute approximate surface area is 230 Å². The average molecular weight is 545 g/mol. The minimum Gasteiger partial charge on any atom is -0.493 e. The van der Waals surface area contributed by atoms with Crippen molar-refractivity contribution < 1.29 is 22.6 Å². The second-order valence-corrected chi connectivity index (χ2v) is 9.48. The van der Waals surface area contributed by atoms with E-state index in [1.165, 1.54) is 18.9 Å². The average Bonchev–Trinajstić information content (AvgIpc) is 3.29. The van der Waals surface area contributed by atoms with Crippen LogP contribution in [0.5, 0.6) is 11.5 Å². The van der Waals surface area contributed by atoms with E-state index in [9.17, 15) is 13.2 Å². The first-order valence-corrected chi connectivity index (χ1v) is 12.5. The summed E-state index contributed by atoms with van der Waals surface area (Å²) < 4.78 is 54.5. The first-order chi connectivity index (χ1) is 19.1. The monoisotopic (exact) mass is 544 g/mol.